The van der Waals surface area contributed by atoms with Gasteiger partial charge in [-0.1, -0.05) is 11.6 Å². The van der Waals surface area contributed by atoms with Crippen molar-refractivity contribution >= 4 is 34.8 Å². The molecule has 2 heterocycles. The van der Waals surface area contributed by atoms with Gasteiger partial charge in [-0.15, -0.1) is 11.3 Å². The summed E-state index contributed by atoms with van der Waals surface area (Å²) in [6.07, 6.45) is 0. The number of hydrogen-bond donors (Lipinski definition) is 1. The summed E-state index contributed by atoms with van der Waals surface area (Å²) >= 11 is 6.91. The van der Waals surface area contributed by atoms with Gasteiger partial charge < -0.3 is 10.0 Å². The molecular weight excluding hydrogens is 238 g/mol. The van der Waals surface area contributed by atoms with Crippen LogP contribution in [0.5, 0.6) is 0 Å². The molecule has 6 heteroatoms. The maximum Gasteiger partial charge on any atom is 0.310 e. The average molecular weight is 246 g/mol. The monoisotopic (exact) mass is 245 g/mol. The number of nitrogens with zero attached hydrogens (tertiary/aromatic N) is 1. The van der Waals surface area contributed by atoms with Crippen LogP contribution in [-0.2, 0) is 4.79 Å². The van der Waals surface area contributed by atoms with Gasteiger partial charge in [-0.05, 0) is 12.1 Å². The highest BCUT2D eigenvalue weighted by Crippen LogP contribution is 2.25. The fourth-order valence-electron chi connectivity index (χ4n) is 1.39. The van der Waals surface area contributed by atoms with Crippen LogP contribution in [0.2, 0.25) is 4.34 Å². The van der Waals surface area contributed by atoms with Gasteiger partial charge in [-0.3, -0.25) is 9.59 Å². The molecule has 1 aromatic rings. The number of halogens is 1. The first-order valence-corrected chi connectivity index (χ1v) is 5.55. The Labute approximate surface area is 95.1 Å². The number of rotatable bonds is 2. The van der Waals surface area contributed by atoms with Gasteiger partial charge in [0, 0.05) is 13.1 Å². The highest BCUT2D eigenvalue weighted by molar-refractivity contribution is 7.17. The normalized spacial score (nSPS) is 16.2. The zero-order valence-corrected chi connectivity index (χ0v) is 9.22. The topological polar surface area (TPSA) is 57.6 Å². The summed E-state index contributed by atoms with van der Waals surface area (Å²) in [5.41, 5.74) is 0. The Morgan fingerprint density at radius 2 is 2.13 bits per heavy atom. The van der Waals surface area contributed by atoms with Crippen molar-refractivity contribution in [1.82, 2.24) is 4.90 Å². The number of carboxylic acids is 1. The summed E-state index contributed by atoms with van der Waals surface area (Å²) in [5.74, 6) is -1.39. The van der Waals surface area contributed by atoms with E-state index in [1.165, 1.54) is 16.2 Å². The molecule has 0 atom stereocenters. The number of aliphatic carboxylic acids is 1. The number of carbonyl (C=O) groups is 2. The van der Waals surface area contributed by atoms with Crippen molar-refractivity contribution in [3.05, 3.63) is 21.3 Å². The summed E-state index contributed by atoms with van der Waals surface area (Å²) < 4.78 is 0.564. The predicted molar refractivity (Wildman–Crippen MR) is 56.4 cm³/mol. The molecule has 1 aliphatic rings. The van der Waals surface area contributed by atoms with Gasteiger partial charge >= 0.3 is 5.97 Å². The van der Waals surface area contributed by atoms with Crippen LogP contribution in [0.25, 0.3) is 0 Å². The molecule has 0 saturated carbocycles. The fourth-order valence-corrected chi connectivity index (χ4v) is 2.40. The number of hydrogen-bond acceptors (Lipinski definition) is 3. The van der Waals surface area contributed by atoms with Gasteiger partial charge in [0.2, 0.25) is 0 Å². The first-order valence-electron chi connectivity index (χ1n) is 4.35. The highest BCUT2D eigenvalue weighted by Gasteiger charge is 2.36. The molecule has 0 bridgehead atoms. The van der Waals surface area contributed by atoms with Crippen LogP contribution in [-0.4, -0.2) is 35.0 Å². The molecule has 0 unspecified atom stereocenters. The van der Waals surface area contributed by atoms with Crippen LogP contribution in [0.1, 0.15) is 9.67 Å². The van der Waals surface area contributed by atoms with Gasteiger partial charge in [-0.25, -0.2) is 0 Å². The lowest BCUT2D eigenvalue weighted by Gasteiger charge is -2.36. The van der Waals surface area contributed by atoms with Gasteiger partial charge in [0.05, 0.1) is 15.1 Å². The predicted octanol–water partition coefficient (Wildman–Crippen LogP) is 1.56. The van der Waals surface area contributed by atoms with Crippen molar-refractivity contribution in [3.63, 3.8) is 0 Å². The van der Waals surface area contributed by atoms with Gasteiger partial charge in [0.1, 0.15) is 0 Å². The third kappa shape index (κ3) is 1.98. The zero-order chi connectivity index (χ0) is 11.0. The van der Waals surface area contributed by atoms with E-state index in [-0.39, 0.29) is 5.91 Å². The molecule has 2 rings (SSSR count). The minimum Gasteiger partial charge on any atom is -0.481 e. The SMILES string of the molecule is O=C(O)C1CN(C(=O)c2ccc(Cl)s2)C1. The largest absolute Gasteiger partial charge is 0.481 e. The first-order chi connectivity index (χ1) is 7.08. The third-order valence-electron chi connectivity index (χ3n) is 2.30. The van der Waals surface area contributed by atoms with Crippen molar-refractivity contribution < 1.29 is 14.7 Å². The average Bonchev–Trinajstić information content (AvgIpc) is 2.48. The summed E-state index contributed by atoms with van der Waals surface area (Å²) in [7, 11) is 0. The Bertz CT molecular complexity index is 411. The van der Waals surface area contributed by atoms with Crippen LogP contribution < -0.4 is 0 Å². The molecule has 1 aliphatic heterocycles. The van der Waals surface area contributed by atoms with E-state index >= 15 is 0 Å². The van der Waals surface area contributed by atoms with E-state index in [4.69, 9.17) is 16.7 Å². The van der Waals surface area contributed by atoms with Crippen molar-refractivity contribution in [3.8, 4) is 0 Å². The summed E-state index contributed by atoms with van der Waals surface area (Å²) in [5, 5.41) is 8.65. The second-order valence-electron chi connectivity index (χ2n) is 3.35. The molecule has 0 aromatic carbocycles. The zero-order valence-electron chi connectivity index (χ0n) is 7.64. The van der Waals surface area contributed by atoms with Crippen molar-refractivity contribution in [2.24, 2.45) is 5.92 Å². The number of carbonyl (C=O) groups excluding carboxylic acids is 1. The first kappa shape index (κ1) is 10.4. The lowest BCUT2D eigenvalue weighted by Crippen LogP contribution is -2.52. The summed E-state index contributed by atoms with van der Waals surface area (Å²) in [6.45, 7) is 0.591. The smallest absolute Gasteiger partial charge is 0.310 e. The number of amides is 1. The van der Waals surface area contributed by atoms with E-state index < -0.39 is 11.9 Å². The Hall–Kier alpha value is -1.07. The molecular formula is C9H8ClNO3S. The van der Waals surface area contributed by atoms with Crippen LogP contribution in [0.15, 0.2) is 12.1 Å². The minimum absolute atomic E-state index is 0.135. The van der Waals surface area contributed by atoms with Crippen molar-refractivity contribution in [2.45, 2.75) is 0 Å². The Kier molecular flexibility index (Phi) is 2.67. The van der Waals surface area contributed by atoms with Gasteiger partial charge in [-0.2, -0.15) is 0 Å². The summed E-state index contributed by atoms with van der Waals surface area (Å²) in [6, 6.07) is 3.32. The van der Waals surface area contributed by atoms with E-state index in [0.717, 1.165) is 0 Å². The molecule has 0 spiro atoms. The quantitative estimate of drug-likeness (QED) is 0.860. The third-order valence-corrected chi connectivity index (χ3v) is 3.52. The lowest BCUT2D eigenvalue weighted by atomic mass is 10.0. The number of carboxylic acid groups (broad SMARTS) is 1. The molecule has 1 fully saturated rings. The molecule has 1 aromatic heterocycles. The maximum atomic E-state index is 11.7. The standard InChI is InChI=1S/C9H8ClNO3S/c10-7-2-1-6(15-7)8(12)11-3-5(4-11)9(13)14/h1-2,5H,3-4H2,(H,13,14). The van der Waals surface area contributed by atoms with Crippen LogP contribution in [0.4, 0.5) is 0 Å². The highest BCUT2D eigenvalue weighted by atomic mass is 35.5. The fraction of sp³-hybridized carbons (Fsp3) is 0.333. The second kappa shape index (κ2) is 3.83. The van der Waals surface area contributed by atoms with E-state index in [1.807, 2.05) is 0 Å². The molecule has 0 radical (unpaired) electrons. The van der Waals surface area contributed by atoms with Gasteiger partial charge in [0.25, 0.3) is 5.91 Å². The summed E-state index contributed by atoms with van der Waals surface area (Å²) in [4.78, 5) is 24.3. The van der Waals surface area contributed by atoms with Crippen LogP contribution in [0, 0.1) is 5.92 Å². The second-order valence-corrected chi connectivity index (χ2v) is 5.06. The van der Waals surface area contributed by atoms with E-state index in [9.17, 15) is 9.59 Å². The molecule has 1 amide bonds. The molecule has 1 N–H and O–H groups in total. The number of likely N-dealkylation sites (tertiary alicyclic amines) is 1. The van der Waals surface area contributed by atoms with E-state index in [1.54, 1.807) is 12.1 Å². The van der Waals surface area contributed by atoms with E-state index in [2.05, 4.69) is 0 Å². The molecule has 0 aliphatic carbocycles. The Morgan fingerprint density at radius 3 is 2.60 bits per heavy atom. The molecule has 80 valence electrons. The molecule has 4 nitrogen and oxygen atoms in total. The Balaban J connectivity index is 1.97. The van der Waals surface area contributed by atoms with Crippen LogP contribution in [0.3, 0.4) is 0 Å². The number of thiophene rings is 1. The van der Waals surface area contributed by atoms with Crippen LogP contribution >= 0.6 is 22.9 Å². The lowest BCUT2D eigenvalue weighted by molar-refractivity contribution is -0.146. The molecule has 1 saturated heterocycles. The van der Waals surface area contributed by atoms with Crippen molar-refractivity contribution in [1.29, 1.82) is 0 Å². The van der Waals surface area contributed by atoms with Gasteiger partial charge in [0.15, 0.2) is 0 Å². The van der Waals surface area contributed by atoms with E-state index in [0.29, 0.717) is 22.3 Å². The minimum atomic E-state index is -0.844. The maximum absolute atomic E-state index is 11.7. The Morgan fingerprint density at radius 1 is 1.47 bits per heavy atom. The van der Waals surface area contributed by atoms with Crippen molar-refractivity contribution in [2.75, 3.05) is 13.1 Å². The molecule has 15 heavy (non-hydrogen) atoms.